The minimum atomic E-state index is -0.0113. The predicted octanol–water partition coefficient (Wildman–Crippen LogP) is 3.48. The zero-order valence-corrected chi connectivity index (χ0v) is 17.1. The fourth-order valence-corrected chi connectivity index (χ4v) is 4.43. The molecule has 27 heavy (non-hydrogen) atoms. The molecule has 3 heteroatoms. The van der Waals surface area contributed by atoms with Crippen molar-refractivity contribution in [3.63, 3.8) is 0 Å². The van der Waals surface area contributed by atoms with Crippen molar-refractivity contribution in [2.75, 3.05) is 18.4 Å². The maximum Gasteiger partial charge on any atom is 0.282 e. The summed E-state index contributed by atoms with van der Waals surface area (Å²) in [5, 5.41) is 3.19. The third-order valence-electron chi connectivity index (χ3n) is 6.05. The zero-order chi connectivity index (χ0) is 19.4. The van der Waals surface area contributed by atoms with Crippen LogP contribution in [0.1, 0.15) is 42.0 Å². The standard InChI is InChI=1S/C24H32N2O/c1-17-14-18(2)23(19(3)15-17)25-24(27)20(4)26-12-10-22(11-13-26)16-21-8-6-5-7-9-21/h5-9,14-15,20,22H,10-13,16H2,1-4H3,(H,25,27)/p+1/t20-/m1/s1. The molecule has 1 aliphatic heterocycles. The molecule has 1 fully saturated rings. The lowest BCUT2D eigenvalue weighted by molar-refractivity contribution is -0.919. The van der Waals surface area contributed by atoms with Crippen LogP contribution < -0.4 is 10.2 Å². The Kier molecular flexibility index (Phi) is 6.33. The van der Waals surface area contributed by atoms with E-state index in [2.05, 4.69) is 75.5 Å². The molecule has 144 valence electrons. The van der Waals surface area contributed by atoms with Gasteiger partial charge < -0.3 is 10.2 Å². The molecule has 1 amide bonds. The molecular formula is C24H33N2O+. The van der Waals surface area contributed by atoms with Crippen LogP contribution in [0.15, 0.2) is 42.5 Å². The Labute approximate surface area is 163 Å². The number of quaternary nitrogens is 1. The van der Waals surface area contributed by atoms with Gasteiger partial charge in [0.15, 0.2) is 6.04 Å². The van der Waals surface area contributed by atoms with Crippen molar-refractivity contribution in [1.82, 2.24) is 0 Å². The second kappa shape index (κ2) is 8.71. The van der Waals surface area contributed by atoms with Crippen LogP contribution in [0.3, 0.4) is 0 Å². The first kappa shape index (κ1) is 19.6. The van der Waals surface area contributed by atoms with Crippen molar-refractivity contribution in [1.29, 1.82) is 0 Å². The van der Waals surface area contributed by atoms with Crippen molar-refractivity contribution >= 4 is 11.6 Å². The molecule has 3 rings (SSSR count). The Bertz CT molecular complexity index is 753. The molecule has 0 saturated carbocycles. The van der Waals surface area contributed by atoms with E-state index in [0.29, 0.717) is 0 Å². The molecule has 1 heterocycles. The molecule has 2 aromatic rings. The Balaban J connectivity index is 1.54. The van der Waals surface area contributed by atoms with Gasteiger partial charge in [-0.25, -0.2) is 0 Å². The number of benzene rings is 2. The van der Waals surface area contributed by atoms with Crippen molar-refractivity contribution in [2.24, 2.45) is 5.92 Å². The molecule has 2 N–H and O–H groups in total. The minimum absolute atomic E-state index is 0.0113. The number of rotatable bonds is 5. The first-order valence-corrected chi connectivity index (χ1v) is 10.2. The van der Waals surface area contributed by atoms with E-state index in [-0.39, 0.29) is 11.9 Å². The highest BCUT2D eigenvalue weighted by Crippen LogP contribution is 2.22. The van der Waals surface area contributed by atoms with Gasteiger partial charge in [0.25, 0.3) is 5.91 Å². The molecular weight excluding hydrogens is 332 g/mol. The summed E-state index contributed by atoms with van der Waals surface area (Å²) in [6.45, 7) is 10.5. The molecule has 0 spiro atoms. The van der Waals surface area contributed by atoms with E-state index in [9.17, 15) is 4.79 Å². The van der Waals surface area contributed by atoms with E-state index in [1.165, 1.54) is 28.9 Å². The van der Waals surface area contributed by atoms with Crippen molar-refractivity contribution in [3.05, 3.63) is 64.7 Å². The highest BCUT2D eigenvalue weighted by Gasteiger charge is 2.30. The number of aryl methyl sites for hydroxylation is 3. The molecule has 1 aliphatic rings. The monoisotopic (exact) mass is 365 g/mol. The third kappa shape index (κ3) is 4.98. The van der Waals surface area contributed by atoms with E-state index in [0.717, 1.165) is 42.2 Å². The van der Waals surface area contributed by atoms with E-state index >= 15 is 0 Å². The normalized spacial score (nSPS) is 20.9. The molecule has 0 aromatic heterocycles. The number of amides is 1. The SMILES string of the molecule is Cc1cc(C)c(NC(=O)[C@@H](C)[NH+]2CCC(Cc3ccccc3)CC2)c(C)c1. The first-order chi connectivity index (χ1) is 12.9. The van der Waals surface area contributed by atoms with Gasteiger partial charge in [0, 0.05) is 5.69 Å². The first-order valence-electron chi connectivity index (χ1n) is 10.2. The molecule has 1 saturated heterocycles. The van der Waals surface area contributed by atoms with E-state index in [1.54, 1.807) is 0 Å². The molecule has 0 bridgehead atoms. The summed E-state index contributed by atoms with van der Waals surface area (Å²) in [6.07, 6.45) is 3.56. The summed E-state index contributed by atoms with van der Waals surface area (Å²) in [6, 6.07) is 15.0. The van der Waals surface area contributed by atoms with Crippen LogP contribution in [-0.2, 0) is 11.2 Å². The molecule has 1 atom stereocenters. The van der Waals surface area contributed by atoms with Crippen molar-refractivity contribution in [3.8, 4) is 0 Å². The van der Waals surface area contributed by atoms with Crippen LogP contribution in [-0.4, -0.2) is 25.0 Å². The fourth-order valence-electron chi connectivity index (χ4n) is 4.43. The Morgan fingerprint density at radius 1 is 1.07 bits per heavy atom. The summed E-state index contributed by atoms with van der Waals surface area (Å²) < 4.78 is 0. The summed E-state index contributed by atoms with van der Waals surface area (Å²) in [7, 11) is 0. The zero-order valence-electron chi connectivity index (χ0n) is 17.1. The van der Waals surface area contributed by atoms with Gasteiger partial charge >= 0.3 is 0 Å². The van der Waals surface area contributed by atoms with Crippen LogP contribution in [0.4, 0.5) is 5.69 Å². The number of nitrogens with one attached hydrogen (secondary N) is 2. The average Bonchev–Trinajstić information content (AvgIpc) is 2.65. The minimum Gasteiger partial charge on any atom is -0.325 e. The number of anilines is 1. The quantitative estimate of drug-likeness (QED) is 0.836. The smallest absolute Gasteiger partial charge is 0.282 e. The Morgan fingerprint density at radius 3 is 2.26 bits per heavy atom. The Hall–Kier alpha value is -2.13. The van der Waals surface area contributed by atoms with Gasteiger partial charge in [-0.3, -0.25) is 4.79 Å². The number of carbonyl (C=O) groups excluding carboxylic acids is 1. The lowest BCUT2D eigenvalue weighted by Gasteiger charge is -2.32. The van der Waals surface area contributed by atoms with Gasteiger partial charge in [-0.05, 0) is 69.6 Å². The molecule has 0 radical (unpaired) electrons. The van der Waals surface area contributed by atoms with Crippen LogP contribution in [0.5, 0.6) is 0 Å². The number of hydrogen-bond acceptors (Lipinski definition) is 1. The average molecular weight is 366 g/mol. The highest BCUT2D eigenvalue weighted by atomic mass is 16.2. The van der Waals surface area contributed by atoms with Crippen LogP contribution in [0.25, 0.3) is 0 Å². The summed E-state index contributed by atoms with van der Waals surface area (Å²) in [4.78, 5) is 14.3. The number of likely N-dealkylation sites (tertiary alicyclic amines) is 1. The van der Waals surface area contributed by atoms with Crippen LogP contribution in [0, 0.1) is 26.7 Å². The van der Waals surface area contributed by atoms with Gasteiger partial charge in [0.05, 0.1) is 13.1 Å². The van der Waals surface area contributed by atoms with E-state index in [1.807, 2.05) is 0 Å². The van der Waals surface area contributed by atoms with Gasteiger partial charge in [0.1, 0.15) is 0 Å². The molecule has 2 aromatic carbocycles. The van der Waals surface area contributed by atoms with Crippen molar-refractivity contribution < 1.29 is 9.69 Å². The predicted molar refractivity (Wildman–Crippen MR) is 112 cm³/mol. The van der Waals surface area contributed by atoms with Gasteiger partial charge in [-0.2, -0.15) is 0 Å². The molecule has 0 aliphatic carbocycles. The van der Waals surface area contributed by atoms with Gasteiger partial charge in [-0.15, -0.1) is 0 Å². The molecule has 0 unspecified atom stereocenters. The second-order valence-electron chi connectivity index (χ2n) is 8.28. The van der Waals surface area contributed by atoms with Crippen LogP contribution in [0.2, 0.25) is 0 Å². The third-order valence-corrected chi connectivity index (χ3v) is 6.05. The molecule has 3 nitrogen and oxygen atoms in total. The maximum atomic E-state index is 12.8. The maximum absolute atomic E-state index is 12.8. The summed E-state index contributed by atoms with van der Waals surface area (Å²) in [5.74, 6) is 0.884. The highest BCUT2D eigenvalue weighted by molar-refractivity contribution is 5.95. The fraction of sp³-hybridized carbons (Fsp3) is 0.458. The lowest BCUT2D eigenvalue weighted by atomic mass is 9.89. The van der Waals surface area contributed by atoms with Gasteiger partial charge in [-0.1, -0.05) is 48.0 Å². The number of carbonyl (C=O) groups is 1. The second-order valence-corrected chi connectivity index (χ2v) is 8.28. The van der Waals surface area contributed by atoms with E-state index < -0.39 is 0 Å². The Morgan fingerprint density at radius 2 is 1.67 bits per heavy atom. The topological polar surface area (TPSA) is 33.5 Å². The number of hydrogen-bond donors (Lipinski definition) is 2. The van der Waals surface area contributed by atoms with Crippen molar-refractivity contribution in [2.45, 2.75) is 53.0 Å². The van der Waals surface area contributed by atoms with Gasteiger partial charge in [0.2, 0.25) is 0 Å². The number of piperidine rings is 1. The van der Waals surface area contributed by atoms with E-state index in [4.69, 9.17) is 0 Å². The lowest BCUT2D eigenvalue weighted by Crippen LogP contribution is -3.17. The van der Waals surface area contributed by atoms with Crippen LogP contribution >= 0.6 is 0 Å². The summed E-state index contributed by atoms with van der Waals surface area (Å²) in [5.41, 5.74) is 5.94. The largest absolute Gasteiger partial charge is 0.325 e. The summed E-state index contributed by atoms with van der Waals surface area (Å²) >= 11 is 0.